The fourth-order valence-corrected chi connectivity index (χ4v) is 5.22. The van der Waals surface area contributed by atoms with Gasteiger partial charge in [-0.3, -0.25) is 9.59 Å². The molecule has 0 radical (unpaired) electrons. The average Bonchev–Trinajstić information content (AvgIpc) is 2.83. The maximum Gasteiger partial charge on any atom is 0.334 e. The minimum Gasteiger partial charge on any atom is -0.462 e. The predicted molar refractivity (Wildman–Crippen MR) is 89.7 cm³/mol. The molecule has 0 aromatic heterocycles. The molecule has 0 amide bonds. The van der Waals surface area contributed by atoms with E-state index in [0.29, 0.717) is 31.3 Å². The van der Waals surface area contributed by atoms with Crippen molar-refractivity contribution in [2.24, 2.45) is 17.3 Å². The van der Waals surface area contributed by atoms with Crippen molar-refractivity contribution >= 4 is 17.9 Å². The smallest absolute Gasteiger partial charge is 0.334 e. The number of fused-ring (bicyclic) bond motifs is 3. The van der Waals surface area contributed by atoms with Crippen LogP contribution in [0.4, 0.5) is 0 Å². The van der Waals surface area contributed by atoms with Crippen LogP contribution in [0.15, 0.2) is 12.2 Å². The van der Waals surface area contributed by atoms with Gasteiger partial charge in [0, 0.05) is 36.7 Å². The van der Waals surface area contributed by atoms with Crippen molar-refractivity contribution in [3.05, 3.63) is 12.2 Å². The van der Waals surface area contributed by atoms with Crippen molar-refractivity contribution in [1.29, 1.82) is 0 Å². The molecule has 1 N–H and O–H groups in total. The summed E-state index contributed by atoms with van der Waals surface area (Å²) in [5.74, 6) is -2.10. The van der Waals surface area contributed by atoms with Crippen molar-refractivity contribution in [2.45, 2.75) is 64.3 Å². The molecule has 0 aromatic carbocycles. The van der Waals surface area contributed by atoms with Gasteiger partial charge in [0.15, 0.2) is 5.60 Å². The quantitative estimate of drug-likeness (QED) is 0.459. The molecule has 7 heteroatoms. The second kappa shape index (κ2) is 6.37. The SMILES string of the molecule is C=C1C(=O)O[C@H]2[C@H]1CC[C@@]1(C)[C@@H](O)CC[C@](COC(C)=O)(OC(C)=O)[C@H]21. The number of aliphatic hydroxyl groups excluding tert-OH is 1. The summed E-state index contributed by atoms with van der Waals surface area (Å²) >= 11 is 0. The van der Waals surface area contributed by atoms with E-state index in [9.17, 15) is 19.5 Å². The molecular formula is C19H26O7. The first-order chi connectivity index (χ1) is 12.1. The van der Waals surface area contributed by atoms with E-state index >= 15 is 0 Å². The monoisotopic (exact) mass is 366 g/mol. The van der Waals surface area contributed by atoms with Crippen LogP contribution in [0.5, 0.6) is 0 Å². The molecule has 1 aliphatic heterocycles. The van der Waals surface area contributed by atoms with E-state index in [0.717, 1.165) is 0 Å². The molecule has 0 unspecified atom stereocenters. The van der Waals surface area contributed by atoms with Gasteiger partial charge in [0.05, 0.1) is 6.10 Å². The van der Waals surface area contributed by atoms with Crippen molar-refractivity contribution in [3.8, 4) is 0 Å². The van der Waals surface area contributed by atoms with Crippen molar-refractivity contribution in [2.75, 3.05) is 6.61 Å². The van der Waals surface area contributed by atoms with E-state index in [4.69, 9.17) is 14.2 Å². The highest BCUT2D eigenvalue weighted by molar-refractivity contribution is 5.91. The highest BCUT2D eigenvalue weighted by Crippen LogP contribution is 2.60. The van der Waals surface area contributed by atoms with Crippen LogP contribution in [0.25, 0.3) is 0 Å². The van der Waals surface area contributed by atoms with Gasteiger partial charge >= 0.3 is 17.9 Å². The molecule has 2 saturated carbocycles. The number of esters is 3. The number of hydrogen-bond acceptors (Lipinski definition) is 7. The topological polar surface area (TPSA) is 99.1 Å². The van der Waals surface area contributed by atoms with Gasteiger partial charge in [0.2, 0.25) is 0 Å². The summed E-state index contributed by atoms with van der Waals surface area (Å²) in [6, 6.07) is 0. The summed E-state index contributed by atoms with van der Waals surface area (Å²) in [6.07, 6.45) is 0.866. The Morgan fingerprint density at radius 2 is 1.96 bits per heavy atom. The normalized spacial score (nSPS) is 41.7. The third-order valence-electron chi connectivity index (χ3n) is 6.42. The van der Waals surface area contributed by atoms with Gasteiger partial charge in [-0.1, -0.05) is 13.5 Å². The van der Waals surface area contributed by atoms with E-state index in [2.05, 4.69) is 6.58 Å². The molecule has 6 atom stereocenters. The fourth-order valence-electron chi connectivity index (χ4n) is 5.22. The summed E-state index contributed by atoms with van der Waals surface area (Å²) in [7, 11) is 0. The second-order valence-electron chi connectivity index (χ2n) is 8.02. The van der Waals surface area contributed by atoms with E-state index < -0.39 is 47.0 Å². The molecular weight excluding hydrogens is 340 g/mol. The molecule has 1 heterocycles. The number of aliphatic hydroxyl groups is 1. The molecule has 26 heavy (non-hydrogen) atoms. The van der Waals surface area contributed by atoms with Crippen LogP contribution in [-0.4, -0.2) is 47.4 Å². The van der Waals surface area contributed by atoms with Crippen molar-refractivity contribution in [1.82, 2.24) is 0 Å². The Bertz CT molecular complexity index is 656. The number of hydrogen-bond donors (Lipinski definition) is 1. The lowest BCUT2D eigenvalue weighted by atomic mass is 9.50. The first-order valence-corrected chi connectivity index (χ1v) is 9.01. The Balaban J connectivity index is 2.07. The van der Waals surface area contributed by atoms with E-state index in [-0.39, 0.29) is 12.5 Å². The molecule has 0 aromatic rings. The number of rotatable bonds is 3. The van der Waals surface area contributed by atoms with Crippen molar-refractivity contribution < 1.29 is 33.7 Å². The third-order valence-corrected chi connectivity index (χ3v) is 6.42. The van der Waals surface area contributed by atoms with Gasteiger partial charge in [0.25, 0.3) is 0 Å². The first kappa shape index (κ1) is 18.9. The molecule has 2 aliphatic carbocycles. The molecule has 3 fully saturated rings. The summed E-state index contributed by atoms with van der Waals surface area (Å²) in [5.41, 5.74) is -1.35. The highest BCUT2D eigenvalue weighted by atomic mass is 16.6. The van der Waals surface area contributed by atoms with Gasteiger partial charge in [-0.15, -0.1) is 0 Å². The van der Waals surface area contributed by atoms with E-state index in [1.54, 1.807) is 0 Å². The maximum absolute atomic E-state index is 12.1. The Morgan fingerprint density at radius 3 is 2.58 bits per heavy atom. The van der Waals surface area contributed by atoms with Gasteiger partial charge in [0.1, 0.15) is 12.7 Å². The third kappa shape index (κ3) is 2.82. The minimum atomic E-state index is -1.14. The van der Waals surface area contributed by atoms with Gasteiger partial charge in [-0.25, -0.2) is 4.79 Å². The predicted octanol–water partition coefficient (Wildman–Crippen LogP) is 1.52. The standard InChI is InChI=1S/C19H26O7/c1-10-13-5-7-18(4)14(22)6-8-19(26-12(3)21,9-24-11(2)20)16(18)15(13)25-17(10)23/h13-16,22H,1,5-9H2,2-4H3/t13-,14-,15-,16+,18-,19+/m0/s1. The summed E-state index contributed by atoms with van der Waals surface area (Å²) < 4.78 is 16.6. The zero-order chi connectivity index (χ0) is 19.3. The average molecular weight is 366 g/mol. The first-order valence-electron chi connectivity index (χ1n) is 9.01. The molecule has 3 aliphatic rings. The fraction of sp³-hybridized carbons (Fsp3) is 0.737. The highest BCUT2D eigenvalue weighted by Gasteiger charge is 2.66. The molecule has 0 bridgehead atoms. The lowest BCUT2D eigenvalue weighted by Gasteiger charge is -2.58. The van der Waals surface area contributed by atoms with E-state index in [1.165, 1.54) is 13.8 Å². The zero-order valence-corrected chi connectivity index (χ0v) is 15.4. The maximum atomic E-state index is 12.1. The van der Waals surface area contributed by atoms with Crippen LogP contribution in [0.3, 0.4) is 0 Å². The Kier molecular flexibility index (Phi) is 4.63. The largest absolute Gasteiger partial charge is 0.462 e. The Labute approximate surface area is 152 Å². The Hall–Kier alpha value is -1.89. The second-order valence-corrected chi connectivity index (χ2v) is 8.02. The lowest BCUT2D eigenvalue weighted by Crippen LogP contribution is -2.66. The van der Waals surface area contributed by atoms with Gasteiger partial charge in [-0.2, -0.15) is 0 Å². The molecule has 0 spiro atoms. The number of carbonyl (C=O) groups is 3. The summed E-state index contributed by atoms with van der Waals surface area (Å²) in [5, 5.41) is 10.7. The molecule has 144 valence electrons. The lowest BCUT2D eigenvalue weighted by molar-refractivity contribution is -0.243. The van der Waals surface area contributed by atoms with Crippen molar-refractivity contribution in [3.63, 3.8) is 0 Å². The Morgan fingerprint density at radius 1 is 1.27 bits per heavy atom. The van der Waals surface area contributed by atoms with Crippen LogP contribution in [-0.2, 0) is 28.6 Å². The number of ether oxygens (including phenoxy) is 3. The molecule has 1 saturated heterocycles. The van der Waals surface area contributed by atoms with Gasteiger partial charge in [-0.05, 0) is 25.7 Å². The summed E-state index contributed by atoms with van der Waals surface area (Å²) in [6.45, 7) is 8.25. The van der Waals surface area contributed by atoms with E-state index in [1.807, 2.05) is 6.92 Å². The zero-order valence-electron chi connectivity index (χ0n) is 15.4. The molecule has 3 rings (SSSR count). The van der Waals surface area contributed by atoms with Crippen LogP contribution in [0.1, 0.15) is 46.5 Å². The van der Waals surface area contributed by atoms with Crippen LogP contribution < -0.4 is 0 Å². The van der Waals surface area contributed by atoms with Crippen LogP contribution in [0, 0.1) is 17.3 Å². The van der Waals surface area contributed by atoms with Gasteiger partial charge < -0.3 is 19.3 Å². The van der Waals surface area contributed by atoms with Crippen LogP contribution in [0.2, 0.25) is 0 Å². The minimum absolute atomic E-state index is 0.123. The van der Waals surface area contributed by atoms with Crippen LogP contribution >= 0.6 is 0 Å². The molecule has 7 nitrogen and oxygen atoms in total. The number of carbonyl (C=O) groups excluding carboxylic acids is 3. The summed E-state index contributed by atoms with van der Waals surface area (Å²) in [4.78, 5) is 35.5.